The van der Waals surface area contributed by atoms with Gasteiger partial charge in [-0.1, -0.05) is 55.3 Å². The molecule has 8 nitrogen and oxygen atoms in total. The zero-order valence-electron chi connectivity index (χ0n) is 20.9. The van der Waals surface area contributed by atoms with E-state index in [0.717, 1.165) is 49.3 Å². The number of carbonyl (C=O) groups excluding carboxylic acids is 2. The van der Waals surface area contributed by atoms with Crippen LogP contribution in [-0.2, 0) is 22.6 Å². The molecule has 2 aromatic rings. The van der Waals surface area contributed by atoms with Crippen molar-refractivity contribution in [1.82, 2.24) is 20.5 Å². The maximum absolute atomic E-state index is 13.5. The molecule has 1 aliphatic carbocycles. The number of nitrogens with one attached hydrogen (secondary N) is 2. The number of hydrazone groups is 1. The van der Waals surface area contributed by atoms with Gasteiger partial charge in [-0.2, -0.15) is 5.10 Å². The Bertz CT molecular complexity index is 1090. The van der Waals surface area contributed by atoms with E-state index < -0.39 is 0 Å². The number of amidine groups is 1. The third kappa shape index (κ3) is 5.17. The Morgan fingerprint density at radius 1 is 1.06 bits per heavy atom. The van der Waals surface area contributed by atoms with E-state index in [1.807, 2.05) is 47.4 Å². The van der Waals surface area contributed by atoms with Crippen LogP contribution in [0.5, 0.6) is 5.75 Å². The van der Waals surface area contributed by atoms with Gasteiger partial charge in [0.05, 0.1) is 13.0 Å². The second kappa shape index (κ2) is 11.0. The van der Waals surface area contributed by atoms with Gasteiger partial charge in [0.1, 0.15) is 11.6 Å². The number of amides is 2. The van der Waals surface area contributed by atoms with Gasteiger partial charge in [-0.15, -0.1) is 0 Å². The molecule has 190 valence electrons. The van der Waals surface area contributed by atoms with E-state index in [0.29, 0.717) is 25.9 Å². The molecular weight excluding hydrogens is 454 g/mol. The summed E-state index contributed by atoms with van der Waals surface area (Å²) in [6.07, 6.45) is 5.56. The highest BCUT2D eigenvalue weighted by Crippen LogP contribution is 2.37. The van der Waals surface area contributed by atoms with Gasteiger partial charge in [0.25, 0.3) is 0 Å². The van der Waals surface area contributed by atoms with Crippen molar-refractivity contribution in [3.8, 4) is 5.75 Å². The Morgan fingerprint density at radius 3 is 2.61 bits per heavy atom. The minimum Gasteiger partial charge on any atom is -0.497 e. The molecule has 2 fully saturated rings. The van der Waals surface area contributed by atoms with Gasteiger partial charge in [-0.05, 0) is 42.5 Å². The topological polar surface area (TPSA) is 86.3 Å². The number of benzene rings is 2. The smallest absolute Gasteiger partial charge is 0.230 e. The molecule has 5 rings (SSSR count). The largest absolute Gasteiger partial charge is 0.497 e. The molecule has 36 heavy (non-hydrogen) atoms. The van der Waals surface area contributed by atoms with Crippen molar-refractivity contribution < 1.29 is 14.3 Å². The summed E-state index contributed by atoms with van der Waals surface area (Å²) in [5.41, 5.74) is 5.47. The first-order valence-electron chi connectivity index (χ1n) is 13.0. The average Bonchev–Trinajstić information content (AvgIpc) is 3.35. The van der Waals surface area contributed by atoms with Crippen LogP contribution < -0.4 is 15.5 Å². The van der Waals surface area contributed by atoms with Crippen molar-refractivity contribution in [3.05, 3.63) is 65.7 Å². The SMILES string of the molecule is COc1ccc(CNC(=O)CCC2=NNC3N(CCc4ccccc4)C(=O)C4CCCCC4N23)cc1. The van der Waals surface area contributed by atoms with Gasteiger partial charge >= 0.3 is 0 Å². The highest BCUT2D eigenvalue weighted by Gasteiger charge is 2.50. The predicted octanol–water partition coefficient (Wildman–Crippen LogP) is 3.24. The van der Waals surface area contributed by atoms with Gasteiger partial charge in [-0.3, -0.25) is 15.0 Å². The third-order valence-corrected chi connectivity index (χ3v) is 7.56. The molecule has 1 saturated heterocycles. The fourth-order valence-corrected chi connectivity index (χ4v) is 5.62. The summed E-state index contributed by atoms with van der Waals surface area (Å²) in [4.78, 5) is 30.4. The van der Waals surface area contributed by atoms with E-state index in [2.05, 4.69) is 32.9 Å². The van der Waals surface area contributed by atoms with Crippen LogP contribution in [0, 0.1) is 5.92 Å². The first kappa shape index (κ1) is 24.2. The van der Waals surface area contributed by atoms with Crippen LogP contribution in [0.4, 0.5) is 0 Å². The Morgan fingerprint density at radius 2 is 1.83 bits per heavy atom. The molecule has 0 bridgehead atoms. The van der Waals surface area contributed by atoms with Gasteiger partial charge in [0.15, 0.2) is 6.29 Å². The number of rotatable bonds is 9. The van der Waals surface area contributed by atoms with E-state index >= 15 is 0 Å². The van der Waals surface area contributed by atoms with Gasteiger partial charge < -0.3 is 19.9 Å². The molecule has 2 heterocycles. The van der Waals surface area contributed by atoms with Crippen LogP contribution in [-0.4, -0.2) is 53.4 Å². The van der Waals surface area contributed by atoms with Crippen molar-refractivity contribution >= 4 is 17.6 Å². The Hall–Kier alpha value is -3.55. The number of hydrogen-bond donors (Lipinski definition) is 2. The number of fused-ring (bicyclic) bond motifs is 3. The molecule has 8 heteroatoms. The minimum absolute atomic E-state index is 0.000211. The van der Waals surface area contributed by atoms with E-state index in [9.17, 15) is 9.59 Å². The number of ether oxygens (including phenoxy) is 1. The van der Waals surface area contributed by atoms with E-state index in [4.69, 9.17) is 4.74 Å². The van der Waals surface area contributed by atoms with Crippen molar-refractivity contribution in [2.75, 3.05) is 13.7 Å². The maximum atomic E-state index is 13.5. The minimum atomic E-state index is -0.266. The molecule has 3 unspecified atom stereocenters. The monoisotopic (exact) mass is 489 g/mol. The Balaban J connectivity index is 1.21. The second-order valence-electron chi connectivity index (χ2n) is 9.79. The molecule has 0 radical (unpaired) electrons. The van der Waals surface area contributed by atoms with Gasteiger partial charge in [-0.25, -0.2) is 0 Å². The molecule has 3 aliphatic rings. The zero-order chi connectivity index (χ0) is 24.9. The summed E-state index contributed by atoms with van der Waals surface area (Å²) in [7, 11) is 1.64. The molecule has 2 aromatic carbocycles. The lowest BCUT2D eigenvalue weighted by molar-refractivity contribution is -0.155. The van der Waals surface area contributed by atoms with Crippen LogP contribution in [0.1, 0.15) is 49.7 Å². The third-order valence-electron chi connectivity index (χ3n) is 7.56. The van der Waals surface area contributed by atoms with Crippen LogP contribution in [0.2, 0.25) is 0 Å². The van der Waals surface area contributed by atoms with Gasteiger partial charge in [0.2, 0.25) is 11.8 Å². The van der Waals surface area contributed by atoms with E-state index in [1.54, 1.807) is 7.11 Å². The van der Waals surface area contributed by atoms with Crippen molar-refractivity contribution in [1.29, 1.82) is 0 Å². The summed E-state index contributed by atoms with van der Waals surface area (Å²) in [5.74, 6) is 1.91. The van der Waals surface area contributed by atoms with Crippen molar-refractivity contribution in [2.45, 2.75) is 63.8 Å². The van der Waals surface area contributed by atoms with Crippen LogP contribution in [0.15, 0.2) is 59.7 Å². The summed E-state index contributed by atoms with van der Waals surface area (Å²) in [6.45, 7) is 1.12. The van der Waals surface area contributed by atoms with E-state index in [-0.39, 0.29) is 30.1 Å². The van der Waals surface area contributed by atoms with Crippen molar-refractivity contribution in [2.24, 2.45) is 11.0 Å². The molecule has 2 aliphatic heterocycles. The standard InChI is InChI=1S/C28H35N5O3/c1-36-22-13-11-21(12-14-22)19-29-26(34)16-15-25-30-31-28-32(18-17-20-7-3-2-4-8-20)27(35)23-9-5-6-10-24(23)33(25)28/h2-4,7-8,11-14,23-24,28,31H,5-6,9-10,15-19H2,1H3,(H,29,34). The Kier molecular flexibility index (Phi) is 7.39. The first-order chi connectivity index (χ1) is 17.6. The van der Waals surface area contributed by atoms with E-state index in [1.165, 1.54) is 5.56 Å². The quantitative estimate of drug-likeness (QED) is 0.565. The van der Waals surface area contributed by atoms with Gasteiger partial charge in [0, 0.05) is 32.0 Å². The highest BCUT2D eigenvalue weighted by atomic mass is 16.5. The summed E-state index contributed by atoms with van der Waals surface area (Å²) in [6, 6.07) is 18.1. The maximum Gasteiger partial charge on any atom is 0.230 e. The number of carbonyl (C=O) groups is 2. The molecule has 2 N–H and O–H groups in total. The average molecular weight is 490 g/mol. The molecule has 1 saturated carbocycles. The summed E-state index contributed by atoms with van der Waals surface area (Å²) in [5, 5.41) is 7.63. The second-order valence-corrected chi connectivity index (χ2v) is 9.79. The molecule has 0 spiro atoms. The molecular formula is C28H35N5O3. The first-order valence-corrected chi connectivity index (χ1v) is 13.0. The fraction of sp³-hybridized carbons (Fsp3) is 0.464. The zero-order valence-corrected chi connectivity index (χ0v) is 20.9. The lowest BCUT2D eigenvalue weighted by atomic mass is 9.80. The predicted molar refractivity (Wildman–Crippen MR) is 138 cm³/mol. The number of nitrogens with zero attached hydrogens (tertiary/aromatic N) is 3. The van der Waals surface area contributed by atoms with Crippen LogP contribution in [0.3, 0.4) is 0 Å². The highest BCUT2D eigenvalue weighted by molar-refractivity contribution is 5.91. The lowest BCUT2D eigenvalue weighted by Crippen LogP contribution is -2.67. The molecule has 2 amide bonds. The Labute approximate surface area is 212 Å². The normalized spacial score (nSPS) is 22.9. The summed E-state index contributed by atoms with van der Waals surface area (Å²) < 4.78 is 5.19. The number of hydrogen-bond acceptors (Lipinski definition) is 6. The number of methoxy groups -OCH3 is 1. The van der Waals surface area contributed by atoms with Crippen LogP contribution >= 0.6 is 0 Å². The summed E-state index contributed by atoms with van der Waals surface area (Å²) >= 11 is 0. The fourth-order valence-electron chi connectivity index (χ4n) is 5.62. The van der Waals surface area contributed by atoms with Crippen LogP contribution in [0.25, 0.3) is 0 Å². The van der Waals surface area contributed by atoms with Crippen molar-refractivity contribution in [3.63, 3.8) is 0 Å². The molecule has 3 atom stereocenters. The lowest BCUT2D eigenvalue weighted by Gasteiger charge is -2.50. The molecule has 0 aromatic heterocycles.